The van der Waals surface area contributed by atoms with Gasteiger partial charge in [0.1, 0.15) is 21.7 Å². The third kappa shape index (κ3) is 3.03. The Bertz CT molecular complexity index is 539. The van der Waals surface area contributed by atoms with Crippen LogP contribution < -0.4 is 10.1 Å². The maximum atomic E-state index is 11.4. The molecule has 0 bridgehead atoms. The minimum atomic E-state index is -3.00. The van der Waals surface area contributed by atoms with Crippen molar-refractivity contribution in [3.05, 3.63) is 29.3 Å². The van der Waals surface area contributed by atoms with Crippen molar-refractivity contribution in [3.63, 3.8) is 0 Å². The predicted molar refractivity (Wildman–Crippen MR) is 71.7 cm³/mol. The molecule has 18 heavy (non-hydrogen) atoms. The third-order valence-corrected chi connectivity index (χ3v) is 4.08. The van der Waals surface area contributed by atoms with Gasteiger partial charge in [0.15, 0.2) is 0 Å². The Kier molecular flexibility index (Phi) is 3.64. The Labute approximate surface area is 108 Å². The van der Waals surface area contributed by atoms with Crippen LogP contribution in [0.1, 0.15) is 24.1 Å². The smallest absolute Gasteiger partial charge is 0.149 e. The fourth-order valence-electron chi connectivity index (χ4n) is 2.31. The van der Waals surface area contributed by atoms with Gasteiger partial charge in [0.2, 0.25) is 0 Å². The van der Waals surface area contributed by atoms with Gasteiger partial charge in [-0.15, -0.1) is 0 Å². The summed E-state index contributed by atoms with van der Waals surface area (Å²) >= 11 is 0. The highest BCUT2D eigenvalue weighted by atomic mass is 32.2. The molecule has 0 saturated carbocycles. The molecular weight excluding hydrogens is 250 g/mol. The van der Waals surface area contributed by atoms with Crippen molar-refractivity contribution >= 4 is 9.84 Å². The van der Waals surface area contributed by atoms with Gasteiger partial charge in [-0.25, -0.2) is 8.42 Å². The molecule has 2 unspecified atom stereocenters. The van der Waals surface area contributed by atoms with Crippen LogP contribution in [-0.4, -0.2) is 33.6 Å². The molecule has 1 aromatic rings. The Morgan fingerprint density at radius 1 is 1.50 bits per heavy atom. The summed E-state index contributed by atoms with van der Waals surface area (Å²) in [5.41, 5.74) is 2.16. The maximum Gasteiger partial charge on any atom is 0.149 e. The van der Waals surface area contributed by atoms with Crippen LogP contribution in [-0.2, 0) is 16.3 Å². The number of nitrogens with one attached hydrogen (secondary N) is 1. The zero-order chi connectivity index (χ0) is 13.3. The minimum Gasteiger partial charge on any atom is -0.490 e. The van der Waals surface area contributed by atoms with Gasteiger partial charge in [-0.1, -0.05) is 12.1 Å². The quantitative estimate of drug-likeness (QED) is 0.895. The standard InChI is InChI=1S/C13H19NO3S/c1-9-6-11-7-10(4-5-13(11)17-9)12(14-2)8-18(3,15)16/h4-5,7,9,12,14H,6,8H2,1-3H3. The normalized spacial score (nSPS) is 20.3. The monoisotopic (exact) mass is 269 g/mol. The first kappa shape index (κ1) is 13.4. The summed E-state index contributed by atoms with van der Waals surface area (Å²) in [5.74, 6) is 1.03. The van der Waals surface area contributed by atoms with Crippen molar-refractivity contribution in [2.24, 2.45) is 0 Å². The lowest BCUT2D eigenvalue weighted by atomic mass is 10.0. The molecule has 2 atom stereocenters. The average molecular weight is 269 g/mol. The van der Waals surface area contributed by atoms with Gasteiger partial charge < -0.3 is 10.1 Å². The third-order valence-electron chi connectivity index (χ3n) is 3.14. The Morgan fingerprint density at radius 3 is 2.83 bits per heavy atom. The van der Waals surface area contributed by atoms with Crippen LogP contribution in [0.15, 0.2) is 18.2 Å². The summed E-state index contributed by atoms with van der Waals surface area (Å²) in [6.45, 7) is 2.03. The Morgan fingerprint density at radius 2 is 2.22 bits per heavy atom. The summed E-state index contributed by atoms with van der Waals surface area (Å²) in [7, 11) is -1.22. The highest BCUT2D eigenvalue weighted by molar-refractivity contribution is 7.90. The van der Waals surface area contributed by atoms with E-state index >= 15 is 0 Å². The molecule has 100 valence electrons. The van der Waals surface area contributed by atoms with Crippen molar-refractivity contribution in [2.45, 2.75) is 25.5 Å². The second kappa shape index (κ2) is 4.90. The molecule has 1 aromatic carbocycles. The Balaban J connectivity index is 2.25. The van der Waals surface area contributed by atoms with Crippen LogP contribution >= 0.6 is 0 Å². The highest BCUT2D eigenvalue weighted by Gasteiger charge is 2.22. The van der Waals surface area contributed by atoms with E-state index in [-0.39, 0.29) is 17.9 Å². The van der Waals surface area contributed by atoms with Crippen LogP contribution in [0.5, 0.6) is 5.75 Å². The van der Waals surface area contributed by atoms with Gasteiger partial charge in [-0.05, 0) is 31.2 Å². The number of rotatable bonds is 4. The van der Waals surface area contributed by atoms with Crippen molar-refractivity contribution in [1.29, 1.82) is 0 Å². The van der Waals surface area contributed by atoms with Crippen molar-refractivity contribution in [2.75, 3.05) is 19.1 Å². The summed E-state index contributed by atoms with van der Waals surface area (Å²) in [4.78, 5) is 0. The van der Waals surface area contributed by atoms with Gasteiger partial charge in [0, 0.05) is 18.7 Å². The number of fused-ring (bicyclic) bond motifs is 1. The SMILES string of the molecule is CNC(CS(C)(=O)=O)c1ccc2c(c1)CC(C)O2. The first-order valence-electron chi connectivity index (χ1n) is 6.03. The topological polar surface area (TPSA) is 55.4 Å². The van der Waals surface area contributed by atoms with E-state index in [0.717, 1.165) is 23.3 Å². The molecule has 4 nitrogen and oxygen atoms in total. The van der Waals surface area contributed by atoms with Crippen molar-refractivity contribution < 1.29 is 13.2 Å². The lowest BCUT2D eigenvalue weighted by molar-refractivity contribution is 0.254. The number of hydrogen-bond donors (Lipinski definition) is 1. The molecule has 0 radical (unpaired) electrons. The molecule has 1 aliphatic rings. The lowest BCUT2D eigenvalue weighted by Crippen LogP contribution is -2.24. The van der Waals surface area contributed by atoms with Gasteiger partial charge in [0.05, 0.1) is 5.75 Å². The van der Waals surface area contributed by atoms with Crippen LogP contribution in [0.25, 0.3) is 0 Å². The van der Waals surface area contributed by atoms with Crippen LogP contribution in [0.2, 0.25) is 0 Å². The Hall–Kier alpha value is -1.07. The van der Waals surface area contributed by atoms with Crippen molar-refractivity contribution in [3.8, 4) is 5.75 Å². The maximum absolute atomic E-state index is 11.4. The predicted octanol–water partition coefficient (Wildman–Crippen LogP) is 1.32. The van der Waals surface area contributed by atoms with E-state index in [9.17, 15) is 8.42 Å². The number of sulfone groups is 1. The van der Waals surface area contributed by atoms with E-state index in [1.165, 1.54) is 6.26 Å². The first-order valence-corrected chi connectivity index (χ1v) is 8.09. The summed E-state index contributed by atoms with van der Waals surface area (Å²) in [5, 5.41) is 3.06. The lowest BCUT2D eigenvalue weighted by Gasteiger charge is -2.16. The van der Waals surface area contributed by atoms with Gasteiger partial charge in [-0.3, -0.25) is 0 Å². The largest absolute Gasteiger partial charge is 0.490 e. The van der Waals surface area contributed by atoms with Gasteiger partial charge >= 0.3 is 0 Å². The van der Waals surface area contributed by atoms with Gasteiger partial charge in [-0.2, -0.15) is 0 Å². The minimum absolute atomic E-state index is 0.110. The first-order chi connectivity index (χ1) is 8.39. The summed E-state index contributed by atoms with van der Waals surface area (Å²) in [6.07, 6.45) is 2.35. The molecule has 1 heterocycles. The van der Waals surface area contributed by atoms with Crippen molar-refractivity contribution in [1.82, 2.24) is 5.32 Å². The number of ether oxygens (including phenoxy) is 1. The molecule has 0 aliphatic carbocycles. The van der Waals surface area contributed by atoms with Crippen LogP contribution in [0, 0.1) is 0 Å². The molecule has 0 aromatic heterocycles. The van der Waals surface area contributed by atoms with E-state index in [1.807, 2.05) is 25.1 Å². The molecule has 2 rings (SSSR count). The number of hydrogen-bond acceptors (Lipinski definition) is 4. The molecular formula is C13H19NO3S. The fraction of sp³-hybridized carbons (Fsp3) is 0.538. The van der Waals surface area contributed by atoms with E-state index in [2.05, 4.69) is 5.32 Å². The van der Waals surface area contributed by atoms with E-state index in [0.29, 0.717) is 0 Å². The van der Waals surface area contributed by atoms with Gasteiger partial charge in [0.25, 0.3) is 0 Å². The summed E-state index contributed by atoms with van der Waals surface area (Å²) < 4.78 is 28.4. The van der Waals surface area contributed by atoms with E-state index in [4.69, 9.17) is 4.74 Å². The zero-order valence-electron chi connectivity index (χ0n) is 10.9. The molecule has 0 fully saturated rings. The highest BCUT2D eigenvalue weighted by Crippen LogP contribution is 2.31. The molecule has 1 aliphatic heterocycles. The molecule has 1 N–H and O–H groups in total. The van der Waals surface area contributed by atoms with Crippen LogP contribution in [0.3, 0.4) is 0 Å². The van der Waals surface area contributed by atoms with Crippen LogP contribution in [0.4, 0.5) is 0 Å². The number of benzene rings is 1. The summed E-state index contributed by atoms with van der Waals surface area (Å²) in [6, 6.07) is 5.75. The molecule has 0 spiro atoms. The molecule has 5 heteroatoms. The fourth-order valence-corrected chi connectivity index (χ4v) is 3.27. The average Bonchev–Trinajstić information content (AvgIpc) is 2.63. The molecule has 0 amide bonds. The zero-order valence-corrected chi connectivity index (χ0v) is 11.8. The second-order valence-corrected chi connectivity index (χ2v) is 7.12. The second-order valence-electron chi connectivity index (χ2n) is 4.93. The van der Waals surface area contributed by atoms with E-state index in [1.54, 1.807) is 7.05 Å². The molecule has 0 saturated heterocycles. The van der Waals surface area contributed by atoms with E-state index < -0.39 is 9.84 Å².